The Morgan fingerprint density at radius 2 is 1.72 bits per heavy atom. The first-order valence-corrected chi connectivity index (χ1v) is 12.2. The molecule has 1 amide bonds. The van der Waals surface area contributed by atoms with Crippen molar-refractivity contribution >= 4 is 22.4 Å². The molecule has 7 heteroatoms. The quantitative estimate of drug-likeness (QED) is 0.296. The molecule has 0 fully saturated rings. The third-order valence-electron chi connectivity index (χ3n) is 6.28. The number of nitrogens with zero attached hydrogens (tertiary/aromatic N) is 4. The van der Waals surface area contributed by atoms with Crippen LogP contribution < -0.4 is 15.2 Å². The van der Waals surface area contributed by atoms with E-state index in [-0.39, 0.29) is 11.5 Å². The summed E-state index contributed by atoms with van der Waals surface area (Å²) in [6.07, 6.45) is 6.33. The number of carbonyl (C=O) groups excluding carboxylic acids is 1. The number of fused-ring (bicyclic) bond motifs is 1. The van der Waals surface area contributed by atoms with Crippen LogP contribution in [0.15, 0.2) is 90.1 Å². The number of rotatable bonds is 11. The fraction of sp³-hybridized carbons (Fsp3) is 0.276. The molecule has 0 radical (unpaired) electrons. The summed E-state index contributed by atoms with van der Waals surface area (Å²) in [5.74, 6) is 0.767. The SMILES string of the molecule is CC(=O)N(C)c1ccc(OCCCN(CCn2ccc3ccccc3c2=O)Cc2ccncc2)cc1. The molecule has 4 rings (SSSR count). The van der Waals surface area contributed by atoms with E-state index in [0.29, 0.717) is 13.2 Å². The van der Waals surface area contributed by atoms with Crippen LogP contribution in [0.5, 0.6) is 5.75 Å². The lowest BCUT2D eigenvalue weighted by Gasteiger charge is -2.23. The van der Waals surface area contributed by atoms with Crippen molar-refractivity contribution in [3.05, 3.63) is 101 Å². The topological polar surface area (TPSA) is 67.7 Å². The maximum absolute atomic E-state index is 12.9. The van der Waals surface area contributed by atoms with Gasteiger partial charge in [-0.2, -0.15) is 0 Å². The van der Waals surface area contributed by atoms with Crippen molar-refractivity contribution in [1.82, 2.24) is 14.5 Å². The highest BCUT2D eigenvalue weighted by atomic mass is 16.5. The van der Waals surface area contributed by atoms with E-state index in [4.69, 9.17) is 4.74 Å². The molecule has 0 aliphatic heterocycles. The Bertz CT molecular complexity index is 1340. The van der Waals surface area contributed by atoms with E-state index >= 15 is 0 Å². The van der Waals surface area contributed by atoms with Gasteiger partial charge in [-0.15, -0.1) is 0 Å². The zero-order valence-corrected chi connectivity index (χ0v) is 20.8. The molecule has 36 heavy (non-hydrogen) atoms. The van der Waals surface area contributed by atoms with Crippen molar-refractivity contribution in [2.75, 3.05) is 31.6 Å². The smallest absolute Gasteiger partial charge is 0.258 e. The van der Waals surface area contributed by atoms with Gasteiger partial charge in [0.05, 0.1) is 6.61 Å². The zero-order chi connectivity index (χ0) is 25.3. The summed E-state index contributed by atoms with van der Waals surface area (Å²) >= 11 is 0. The number of benzene rings is 2. The Morgan fingerprint density at radius 3 is 2.47 bits per heavy atom. The van der Waals surface area contributed by atoms with Gasteiger partial charge in [0.25, 0.3) is 5.56 Å². The number of hydrogen-bond donors (Lipinski definition) is 0. The monoisotopic (exact) mass is 484 g/mol. The lowest BCUT2D eigenvalue weighted by Crippen LogP contribution is -2.32. The van der Waals surface area contributed by atoms with E-state index in [2.05, 4.69) is 9.88 Å². The van der Waals surface area contributed by atoms with Crippen LogP contribution in [0.1, 0.15) is 18.9 Å². The summed E-state index contributed by atoms with van der Waals surface area (Å²) in [4.78, 5) is 32.5. The van der Waals surface area contributed by atoms with Gasteiger partial charge in [-0.05, 0) is 65.9 Å². The molecule has 0 spiro atoms. The molecule has 2 aromatic carbocycles. The molecule has 0 saturated carbocycles. The highest BCUT2D eigenvalue weighted by Gasteiger charge is 2.09. The Labute approximate surface area is 211 Å². The fourth-order valence-corrected chi connectivity index (χ4v) is 4.10. The van der Waals surface area contributed by atoms with Crippen molar-refractivity contribution in [2.45, 2.75) is 26.4 Å². The Balaban J connectivity index is 1.35. The fourth-order valence-electron chi connectivity index (χ4n) is 4.10. The molecular formula is C29H32N4O3. The average molecular weight is 485 g/mol. The Morgan fingerprint density at radius 1 is 0.972 bits per heavy atom. The summed E-state index contributed by atoms with van der Waals surface area (Å²) in [7, 11) is 1.75. The summed E-state index contributed by atoms with van der Waals surface area (Å²) in [6.45, 7) is 5.07. The van der Waals surface area contributed by atoms with E-state index in [0.717, 1.165) is 48.3 Å². The van der Waals surface area contributed by atoms with Gasteiger partial charge in [0.2, 0.25) is 5.91 Å². The maximum Gasteiger partial charge on any atom is 0.258 e. The third-order valence-corrected chi connectivity index (χ3v) is 6.28. The molecule has 4 aromatic rings. The summed E-state index contributed by atoms with van der Waals surface area (Å²) in [5.41, 5.74) is 2.06. The second kappa shape index (κ2) is 12.1. The van der Waals surface area contributed by atoms with Crippen molar-refractivity contribution in [2.24, 2.45) is 0 Å². The first kappa shape index (κ1) is 25.1. The number of hydrogen-bond acceptors (Lipinski definition) is 5. The largest absolute Gasteiger partial charge is 0.494 e. The van der Waals surface area contributed by atoms with Crippen LogP contribution >= 0.6 is 0 Å². The summed E-state index contributed by atoms with van der Waals surface area (Å²) in [5, 5.41) is 1.71. The zero-order valence-electron chi connectivity index (χ0n) is 20.8. The van der Waals surface area contributed by atoms with Gasteiger partial charge in [0, 0.05) is 69.8 Å². The van der Waals surface area contributed by atoms with Crippen molar-refractivity contribution in [1.29, 1.82) is 0 Å². The van der Waals surface area contributed by atoms with Crippen LogP contribution in [0, 0.1) is 0 Å². The van der Waals surface area contributed by atoms with Gasteiger partial charge in [0.1, 0.15) is 5.75 Å². The van der Waals surface area contributed by atoms with Gasteiger partial charge in [0.15, 0.2) is 0 Å². The molecule has 2 aromatic heterocycles. The molecule has 0 bridgehead atoms. The number of pyridine rings is 2. The maximum atomic E-state index is 12.9. The minimum Gasteiger partial charge on any atom is -0.494 e. The first-order valence-electron chi connectivity index (χ1n) is 12.2. The second-order valence-corrected chi connectivity index (χ2v) is 8.81. The van der Waals surface area contributed by atoms with E-state index in [1.165, 1.54) is 5.56 Å². The predicted octanol–water partition coefficient (Wildman–Crippen LogP) is 4.35. The molecule has 2 heterocycles. The number of carbonyl (C=O) groups is 1. The molecule has 0 atom stereocenters. The van der Waals surface area contributed by atoms with Gasteiger partial charge < -0.3 is 14.2 Å². The normalized spacial score (nSPS) is 11.1. The van der Waals surface area contributed by atoms with Gasteiger partial charge in [-0.1, -0.05) is 18.2 Å². The molecule has 0 unspecified atom stereocenters. The van der Waals surface area contributed by atoms with E-state index in [9.17, 15) is 9.59 Å². The number of anilines is 1. The minimum absolute atomic E-state index is 0.0103. The van der Waals surface area contributed by atoms with Crippen LogP contribution in [0.25, 0.3) is 10.8 Å². The molecule has 0 saturated heterocycles. The van der Waals surface area contributed by atoms with Crippen LogP contribution in [0.3, 0.4) is 0 Å². The van der Waals surface area contributed by atoms with Crippen LogP contribution in [0.2, 0.25) is 0 Å². The number of amides is 1. The van der Waals surface area contributed by atoms with Gasteiger partial charge >= 0.3 is 0 Å². The highest BCUT2D eigenvalue weighted by Crippen LogP contribution is 2.19. The molecule has 0 aliphatic carbocycles. The lowest BCUT2D eigenvalue weighted by molar-refractivity contribution is -0.116. The molecule has 7 nitrogen and oxygen atoms in total. The molecule has 0 aliphatic rings. The summed E-state index contributed by atoms with van der Waals surface area (Å²) < 4.78 is 7.73. The van der Waals surface area contributed by atoms with E-state index < -0.39 is 0 Å². The van der Waals surface area contributed by atoms with Crippen LogP contribution in [0.4, 0.5) is 5.69 Å². The van der Waals surface area contributed by atoms with Crippen LogP contribution in [-0.2, 0) is 17.9 Å². The molecule has 186 valence electrons. The van der Waals surface area contributed by atoms with E-state index in [1.54, 1.807) is 35.8 Å². The first-order chi connectivity index (χ1) is 17.5. The lowest BCUT2D eigenvalue weighted by atomic mass is 10.2. The van der Waals surface area contributed by atoms with Crippen LogP contribution in [-0.4, -0.2) is 47.1 Å². The Hall–Kier alpha value is -3.97. The van der Waals surface area contributed by atoms with Gasteiger partial charge in [-0.3, -0.25) is 19.5 Å². The average Bonchev–Trinajstić information content (AvgIpc) is 2.91. The highest BCUT2D eigenvalue weighted by molar-refractivity contribution is 5.90. The standard InChI is InChI=1S/C29H32N4O3/c1-23(34)31(2)26-8-10-27(11-9-26)36-21-5-17-32(22-24-12-15-30-16-13-24)19-20-33-18-14-25-6-3-4-7-28(25)29(33)35/h3-4,6-16,18H,5,17,19-22H2,1-2H3. The van der Waals surface area contributed by atoms with E-state index in [1.807, 2.05) is 72.9 Å². The Kier molecular flexibility index (Phi) is 8.47. The molecular weight excluding hydrogens is 452 g/mol. The predicted molar refractivity (Wildman–Crippen MR) is 143 cm³/mol. The minimum atomic E-state index is -0.0103. The summed E-state index contributed by atoms with van der Waals surface area (Å²) in [6, 6.07) is 21.3. The molecule has 0 N–H and O–H groups in total. The number of aromatic nitrogens is 2. The van der Waals surface area contributed by atoms with Crippen molar-refractivity contribution in [3.8, 4) is 5.75 Å². The van der Waals surface area contributed by atoms with Crippen molar-refractivity contribution in [3.63, 3.8) is 0 Å². The third kappa shape index (κ3) is 6.58. The second-order valence-electron chi connectivity index (χ2n) is 8.81. The van der Waals surface area contributed by atoms with Gasteiger partial charge in [-0.25, -0.2) is 0 Å². The van der Waals surface area contributed by atoms with Crippen molar-refractivity contribution < 1.29 is 9.53 Å². The number of ether oxygens (including phenoxy) is 1.